The van der Waals surface area contributed by atoms with Crippen molar-refractivity contribution in [2.24, 2.45) is 11.1 Å². The second-order valence-electron chi connectivity index (χ2n) is 4.26. The van der Waals surface area contributed by atoms with Crippen LogP contribution in [-0.4, -0.2) is 15.9 Å². The first-order chi connectivity index (χ1) is 7.75. The molecule has 1 heterocycles. The van der Waals surface area contributed by atoms with Crippen LogP contribution < -0.4 is 11.1 Å². The fourth-order valence-corrected chi connectivity index (χ4v) is 1.59. The highest BCUT2D eigenvalue weighted by molar-refractivity contribution is 9.10. The average Bonchev–Trinajstić information content (AvgIpc) is 2.21. The smallest absolute Gasteiger partial charge is 0.238 e. The first-order valence-electron chi connectivity index (χ1n) is 4.98. The van der Waals surface area contributed by atoms with Crippen LogP contribution in [0.25, 0.3) is 0 Å². The first kappa shape index (κ1) is 14.1. The minimum absolute atomic E-state index is 0.157. The number of hydrogen-bond acceptors (Lipinski definition) is 3. The van der Waals surface area contributed by atoms with E-state index in [1.54, 1.807) is 20.0 Å². The van der Waals surface area contributed by atoms with Gasteiger partial charge in [0.25, 0.3) is 0 Å². The summed E-state index contributed by atoms with van der Waals surface area (Å²) in [6.45, 7) is 5.22. The number of nitrogens with one attached hydrogen (secondary N) is 1. The maximum atomic E-state index is 12.0. The predicted octanol–water partition coefficient (Wildman–Crippen LogP) is 2.40. The number of thiocarbonyl (C=S) groups is 1. The molecule has 1 aromatic rings. The molecule has 0 bridgehead atoms. The van der Waals surface area contributed by atoms with E-state index in [-0.39, 0.29) is 10.9 Å². The SMILES string of the molecule is Cc1cc(Br)cnc1NC(=O)C(C)(C)C(N)=S. The number of hydrogen-bond donors (Lipinski definition) is 2. The van der Waals surface area contributed by atoms with Gasteiger partial charge in [-0.2, -0.15) is 0 Å². The van der Waals surface area contributed by atoms with Crippen LogP contribution in [0.2, 0.25) is 0 Å². The Hall–Kier alpha value is -1.01. The van der Waals surface area contributed by atoms with E-state index in [0.717, 1.165) is 10.0 Å². The van der Waals surface area contributed by atoms with Crippen LogP contribution in [0.5, 0.6) is 0 Å². The summed E-state index contributed by atoms with van der Waals surface area (Å²) in [5, 5.41) is 2.72. The molecule has 6 heteroatoms. The highest BCUT2D eigenvalue weighted by atomic mass is 79.9. The molecule has 0 aliphatic heterocycles. The van der Waals surface area contributed by atoms with Crippen LogP contribution in [0.3, 0.4) is 0 Å². The molecule has 0 aliphatic rings. The maximum absolute atomic E-state index is 12.0. The molecule has 17 heavy (non-hydrogen) atoms. The largest absolute Gasteiger partial charge is 0.392 e. The number of aryl methyl sites for hydroxylation is 1. The minimum Gasteiger partial charge on any atom is -0.392 e. The molecule has 1 aromatic heterocycles. The van der Waals surface area contributed by atoms with Gasteiger partial charge in [-0.3, -0.25) is 4.79 Å². The number of amides is 1. The van der Waals surface area contributed by atoms with Crippen molar-refractivity contribution in [2.45, 2.75) is 20.8 Å². The highest BCUT2D eigenvalue weighted by Crippen LogP contribution is 2.21. The molecule has 4 nitrogen and oxygen atoms in total. The zero-order valence-corrected chi connectivity index (χ0v) is 12.3. The minimum atomic E-state index is -0.892. The number of rotatable bonds is 3. The van der Waals surface area contributed by atoms with Gasteiger partial charge in [-0.15, -0.1) is 0 Å². The Morgan fingerprint density at radius 2 is 2.18 bits per heavy atom. The molecule has 3 N–H and O–H groups in total. The van der Waals surface area contributed by atoms with E-state index in [0.29, 0.717) is 5.82 Å². The maximum Gasteiger partial charge on any atom is 0.238 e. The summed E-state index contributed by atoms with van der Waals surface area (Å²) < 4.78 is 0.863. The van der Waals surface area contributed by atoms with Gasteiger partial charge in [-0.05, 0) is 48.3 Å². The fourth-order valence-electron chi connectivity index (χ4n) is 1.05. The molecular formula is C11H14BrN3OS. The van der Waals surface area contributed by atoms with Crippen LogP contribution >= 0.6 is 28.1 Å². The molecule has 0 aliphatic carbocycles. The monoisotopic (exact) mass is 315 g/mol. The molecule has 1 rings (SSSR count). The topological polar surface area (TPSA) is 68.0 Å². The Labute approximate surface area is 114 Å². The second kappa shape index (κ2) is 5.10. The normalized spacial score (nSPS) is 11.1. The van der Waals surface area contributed by atoms with E-state index in [2.05, 4.69) is 26.2 Å². The fraction of sp³-hybridized carbons (Fsp3) is 0.364. The third-order valence-corrected chi connectivity index (χ3v) is 3.40. The molecule has 0 unspecified atom stereocenters. The molecule has 0 atom stereocenters. The van der Waals surface area contributed by atoms with E-state index in [1.807, 2.05) is 13.0 Å². The van der Waals surface area contributed by atoms with Gasteiger partial charge in [0.05, 0.1) is 10.4 Å². The summed E-state index contributed by atoms with van der Waals surface area (Å²) in [5.74, 6) is 0.255. The van der Waals surface area contributed by atoms with E-state index in [4.69, 9.17) is 18.0 Å². The van der Waals surface area contributed by atoms with Crippen molar-refractivity contribution in [1.29, 1.82) is 0 Å². The zero-order chi connectivity index (χ0) is 13.2. The molecule has 0 fully saturated rings. The predicted molar refractivity (Wildman–Crippen MR) is 75.9 cm³/mol. The Bertz CT molecular complexity index is 474. The number of carbonyl (C=O) groups is 1. The lowest BCUT2D eigenvalue weighted by atomic mass is 9.92. The third kappa shape index (κ3) is 3.23. The number of nitrogens with two attached hydrogens (primary N) is 1. The van der Waals surface area contributed by atoms with Crippen molar-refractivity contribution < 1.29 is 4.79 Å². The van der Waals surface area contributed by atoms with Gasteiger partial charge in [0.2, 0.25) is 5.91 Å². The van der Waals surface area contributed by atoms with Crippen LogP contribution in [0, 0.1) is 12.3 Å². The van der Waals surface area contributed by atoms with Crippen molar-refractivity contribution in [2.75, 3.05) is 5.32 Å². The molecule has 0 saturated carbocycles. The summed E-state index contributed by atoms with van der Waals surface area (Å²) in [6, 6.07) is 1.87. The molecule has 0 spiro atoms. The zero-order valence-electron chi connectivity index (χ0n) is 9.87. The standard InChI is InChI=1S/C11H14BrN3OS/c1-6-4-7(12)5-14-8(6)15-10(16)11(2,3)9(13)17/h4-5H,1-3H3,(H2,13,17)(H,14,15,16). The Morgan fingerprint density at radius 3 is 2.65 bits per heavy atom. The van der Waals surface area contributed by atoms with Crippen molar-refractivity contribution >= 4 is 44.9 Å². The Morgan fingerprint density at radius 1 is 1.59 bits per heavy atom. The molecule has 0 aromatic carbocycles. The molecule has 0 radical (unpaired) electrons. The van der Waals surface area contributed by atoms with Gasteiger partial charge in [-0.25, -0.2) is 4.98 Å². The van der Waals surface area contributed by atoms with Crippen LogP contribution in [0.15, 0.2) is 16.7 Å². The number of anilines is 1. The average molecular weight is 316 g/mol. The number of nitrogens with zero attached hydrogens (tertiary/aromatic N) is 1. The molecule has 92 valence electrons. The van der Waals surface area contributed by atoms with Crippen molar-refractivity contribution in [3.05, 3.63) is 22.3 Å². The van der Waals surface area contributed by atoms with Crippen molar-refractivity contribution in [3.63, 3.8) is 0 Å². The van der Waals surface area contributed by atoms with Crippen LogP contribution in [0.1, 0.15) is 19.4 Å². The molecule has 0 saturated heterocycles. The summed E-state index contributed by atoms with van der Waals surface area (Å²) in [4.78, 5) is 16.3. The second-order valence-corrected chi connectivity index (χ2v) is 5.62. The van der Waals surface area contributed by atoms with E-state index < -0.39 is 5.41 Å². The van der Waals surface area contributed by atoms with Crippen LogP contribution in [0.4, 0.5) is 5.82 Å². The number of carbonyl (C=O) groups excluding carboxylic acids is 1. The van der Waals surface area contributed by atoms with E-state index in [9.17, 15) is 4.79 Å². The van der Waals surface area contributed by atoms with Gasteiger partial charge in [0, 0.05) is 10.7 Å². The lowest BCUT2D eigenvalue weighted by Gasteiger charge is -2.22. The third-order valence-electron chi connectivity index (χ3n) is 2.46. The van der Waals surface area contributed by atoms with Gasteiger partial charge in [0.15, 0.2) is 0 Å². The number of pyridine rings is 1. The van der Waals surface area contributed by atoms with E-state index >= 15 is 0 Å². The molecule has 1 amide bonds. The van der Waals surface area contributed by atoms with Crippen molar-refractivity contribution in [3.8, 4) is 0 Å². The molecular weight excluding hydrogens is 302 g/mol. The number of halogens is 1. The van der Waals surface area contributed by atoms with E-state index in [1.165, 1.54) is 0 Å². The Balaban J connectivity index is 2.92. The summed E-state index contributed by atoms with van der Waals surface area (Å²) >= 11 is 8.18. The Kier molecular flexibility index (Phi) is 4.21. The lowest BCUT2D eigenvalue weighted by Crippen LogP contribution is -2.41. The van der Waals surface area contributed by atoms with Gasteiger partial charge in [-0.1, -0.05) is 12.2 Å². The summed E-state index contributed by atoms with van der Waals surface area (Å²) in [6.07, 6.45) is 1.62. The van der Waals surface area contributed by atoms with Gasteiger partial charge >= 0.3 is 0 Å². The lowest BCUT2D eigenvalue weighted by molar-refractivity contribution is -0.121. The number of aromatic nitrogens is 1. The summed E-state index contributed by atoms with van der Waals surface area (Å²) in [5.41, 5.74) is 5.50. The summed E-state index contributed by atoms with van der Waals surface area (Å²) in [7, 11) is 0. The van der Waals surface area contributed by atoms with Crippen LogP contribution in [-0.2, 0) is 4.79 Å². The van der Waals surface area contributed by atoms with Crippen molar-refractivity contribution in [1.82, 2.24) is 4.98 Å². The van der Waals surface area contributed by atoms with Gasteiger partial charge < -0.3 is 11.1 Å². The van der Waals surface area contributed by atoms with Gasteiger partial charge in [0.1, 0.15) is 5.82 Å². The quantitative estimate of drug-likeness (QED) is 0.840. The first-order valence-corrected chi connectivity index (χ1v) is 6.18. The highest BCUT2D eigenvalue weighted by Gasteiger charge is 2.31.